The Balaban J connectivity index is 2.03. The van der Waals surface area contributed by atoms with Crippen LogP contribution in [0.2, 0.25) is 0 Å². The maximum absolute atomic E-state index is 13.2. The summed E-state index contributed by atoms with van der Waals surface area (Å²) in [6, 6.07) is 15.8. The molecule has 1 N–H and O–H groups in total. The largest absolute Gasteiger partial charge is 0.355 e. The van der Waals surface area contributed by atoms with Gasteiger partial charge >= 0.3 is 0 Å². The van der Waals surface area contributed by atoms with Gasteiger partial charge in [0.15, 0.2) is 0 Å². The van der Waals surface area contributed by atoms with E-state index in [4.69, 9.17) is 0 Å². The minimum atomic E-state index is -0.107. The molecule has 0 radical (unpaired) electrons. The number of benzene rings is 2. The summed E-state index contributed by atoms with van der Waals surface area (Å²) in [7, 11) is 1.65. The van der Waals surface area contributed by atoms with Crippen molar-refractivity contribution in [3.8, 4) is 0 Å². The number of nitrogens with one attached hydrogen (secondary N) is 1. The van der Waals surface area contributed by atoms with E-state index in [0.717, 1.165) is 33.6 Å². The van der Waals surface area contributed by atoms with Crippen molar-refractivity contribution in [2.24, 2.45) is 16.1 Å². The Labute approximate surface area is 177 Å². The van der Waals surface area contributed by atoms with Crippen molar-refractivity contribution < 1.29 is 9.59 Å². The van der Waals surface area contributed by atoms with Gasteiger partial charge in [-0.25, -0.2) is 0 Å². The summed E-state index contributed by atoms with van der Waals surface area (Å²) in [6.45, 7) is 6.48. The van der Waals surface area contributed by atoms with Gasteiger partial charge in [0.2, 0.25) is 11.8 Å². The average molecular weight is 405 g/mol. The van der Waals surface area contributed by atoms with Crippen LogP contribution in [0.15, 0.2) is 58.8 Å². The van der Waals surface area contributed by atoms with Crippen LogP contribution in [0.25, 0.3) is 11.3 Å². The number of para-hydroxylation sites is 1. The SMILES string of the molecule is CN=N/C1=C(\C)c2ccccc2CN(C(=O)CCNC(=O)C(C)C)c2ccccc21. The predicted molar refractivity (Wildman–Crippen MR) is 120 cm³/mol. The lowest BCUT2D eigenvalue weighted by Gasteiger charge is -2.29. The third-order valence-electron chi connectivity index (χ3n) is 5.22. The third-order valence-corrected chi connectivity index (χ3v) is 5.22. The van der Waals surface area contributed by atoms with Crippen molar-refractivity contribution >= 4 is 28.8 Å². The zero-order valence-corrected chi connectivity index (χ0v) is 18.0. The van der Waals surface area contributed by atoms with Crippen LogP contribution in [-0.2, 0) is 16.1 Å². The summed E-state index contributed by atoms with van der Waals surface area (Å²) in [6.07, 6.45) is 0.224. The topological polar surface area (TPSA) is 74.1 Å². The molecule has 0 unspecified atom stereocenters. The van der Waals surface area contributed by atoms with Crippen LogP contribution in [0.4, 0.5) is 5.69 Å². The number of rotatable bonds is 5. The highest BCUT2D eigenvalue weighted by Crippen LogP contribution is 2.38. The van der Waals surface area contributed by atoms with Crippen molar-refractivity contribution in [2.45, 2.75) is 33.7 Å². The van der Waals surface area contributed by atoms with Gasteiger partial charge < -0.3 is 10.2 Å². The molecule has 0 spiro atoms. The fourth-order valence-corrected chi connectivity index (χ4v) is 3.60. The lowest BCUT2D eigenvalue weighted by atomic mass is 9.93. The molecule has 1 heterocycles. The summed E-state index contributed by atoms with van der Waals surface area (Å²) in [5.74, 6) is -0.205. The molecule has 6 heteroatoms. The Morgan fingerprint density at radius 1 is 1.07 bits per heavy atom. The second kappa shape index (κ2) is 9.48. The number of azo groups is 1. The minimum absolute atomic E-state index is 0.0475. The maximum Gasteiger partial charge on any atom is 0.229 e. The Hall–Kier alpha value is -3.28. The third kappa shape index (κ3) is 4.48. The van der Waals surface area contributed by atoms with Gasteiger partial charge in [0.05, 0.1) is 17.9 Å². The quantitative estimate of drug-likeness (QED) is 0.736. The first-order chi connectivity index (χ1) is 14.4. The van der Waals surface area contributed by atoms with Gasteiger partial charge in [-0.05, 0) is 29.7 Å². The fourth-order valence-electron chi connectivity index (χ4n) is 3.60. The Kier molecular flexibility index (Phi) is 6.77. The lowest BCUT2D eigenvalue weighted by Crippen LogP contribution is -2.36. The standard InChI is InChI=1S/C24H28N4O2/c1-16(2)24(30)26-14-13-22(29)28-15-18-9-5-6-10-19(18)17(3)23(27-25-4)20-11-7-8-12-21(20)28/h5-12,16H,13-15H2,1-4H3,(H,26,30)/b23-17+,27-25?. The lowest BCUT2D eigenvalue weighted by molar-refractivity contribution is -0.124. The van der Waals surface area contributed by atoms with Gasteiger partial charge in [-0.3, -0.25) is 9.59 Å². The summed E-state index contributed by atoms with van der Waals surface area (Å²) in [5, 5.41) is 11.3. The molecule has 0 saturated heterocycles. The first kappa shape index (κ1) is 21.4. The molecule has 156 valence electrons. The second-order valence-corrected chi connectivity index (χ2v) is 7.62. The highest BCUT2D eigenvalue weighted by molar-refractivity contribution is 6.01. The molecule has 0 atom stereocenters. The van der Waals surface area contributed by atoms with E-state index in [0.29, 0.717) is 13.1 Å². The van der Waals surface area contributed by atoms with E-state index in [9.17, 15) is 9.59 Å². The molecule has 1 aliphatic rings. The number of hydrogen-bond donors (Lipinski definition) is 1. The molecular formula is C24H28N4O2. The Bertz CT molecular complexity index is 1010. The molecule has 0 bridgehead atoms. The van der Waals surface area contributed by atoms with E-state index >= 15 is 0 Å². The molecule has 0 saturated carbocycles. The van der Waals surface area contributed by atoms with Crippen LogP contribution < -0.4 is 10.2 Å². The Morgan fingerprint density at radius 3 is 2.43 bits per heavy atom. The van der Waals surface area contributed by atoms with E-state index in [1.807, 2.05) is 63.2 Å². The molecular weight excluding hydrogens is 376 g/mol. The molecule has 1 aliphatic heterocycles. The van der Waals surface area contributed by atoms with Crippen molar-refractivity contribution in [1.82, 2.24) is 5.32 Å². The van der Waals surface area contributed by atoms with Crippen molar-refractivity contribution in [3.63, 3.8) is 0 Å². The number of carbonyl (C=O) groups excluding carboxylic acids is 2. The first-order valence-electron chi connectivity index (χ1n) is 10.2. The van der Waals surface area contributed by atoms with E-state index in [-0.39, 0.29) is 24.2 Å². The van der Waals surface area contributed by atoms with Gasteiger partial charge in [0, 0.05) is 31.5 Å². The highest BCUT2D eigenvalue weighted by Gasteiger charge is 2.25. The smallest absolute Gasteiger partial charge is 0.229 e. The summed E-state index contributed by atoms with van der Waals surface area (Å²) in [4.78, 5) is 26.9. The van der Waals surface area contributed by atoms with Crippen molar-refractivity contribution in [2.75, 3.05) is 18.5 Å². The number of amides is 2. The number of allylic oxidation sites excluding steroid dienone is 1. The normalized spacial score (nSPS) is 16.1. The molecule has 2 aromatic carbocycles. The number of fused-ring (bicyclic) bond motifs is 2. The van der Waals surface area contributed by atoms with Crippen molar-refractivity contribution in [1.29, 1.82) is 0 Å². The van der Waals surface area contributed by atoms with Gasteiger partial charge in [-0.1, -0.05) is 56.3 Å². The summed E-state index contributed by atoms with van der Waals surface area (Å²) < 4.78 is 0. The summed E-state index contributed by atoms with van der Waals surface area (Å²) in [5.41, 5.74) is 5.56. The number of hydrogen-bond acceptors (Lipinski definition) is 4. The first-order valence-corrected chi connectivity index (χ1v) is 10.2. The van der Waals surface area contributed by atoms with Crippen LogP contribution in [0, 0.1) is 5.92 Å². The van der Waals surface area contributed by atoms with Gasteiger partial charge in [-0.2, -0.15) is 10.2 Å². The van der Waals surface area contributed by atoms with Crippen LogP contribution in [0.5, 0.6) is 0 Å². The molecule has 2 aromatic rings. The van der Waals surface area contributed by atoms with Crippen LogP contribution in [-0.4, -0.2) is 25.4 Å². The van der Waals surface area contributed by atoms with E-state index in [1.54, 1.807) is 11.9 Å². The number of anilines is 1. The number of nitrogens with zero attached hydrogens (tertiary/aromatic N) is 3. The molecule has 0 aromatic heterocycles. The van der Waals surface area contributed by atoms with Gasteiger partial charge in [-0.15, -0.1) is 0 Å². The van der Waals surface area contributed by atoms with Gasteiger partial charge in [0.1, 0.15) is 0 Å². The monoisotopic (exact) mass is 404 g/mol. The van der Waals surface area contributed by atoms with E-state index in [2.05, 4.69) is 21.6 Å². The zero-order valence-electron chi connectivity index (χ0n) is 18.0. The van der Waals surface area contributed by atoms with Crippen molar-refractivity contribution in [3.05, 3.63) is 65.2 Å². The van der Waals surface area contributed by atoms with Crippen LogP contribution >= 0.6 is 0 Å². The molecule has 3 rings (SSSR count). The highest BCUT2D eigenvalue weighted by atomic mass is 16.2. The van der Waals surface area contributed by atoms with Crippen LogP contribution in [0.3, 0.4) is 0 Å². The zero-order chi connectivity index (χ0) is 21.7. The number of carbonyl (C=O) groups is 2. The van der Waals surface area contributed by atoms with E-state index < -0.39 is 0 Å². The van der Waals surface area contributed by atoms with Gasteiger partial charge in [0.25, 0.3) is 0 Å². The molecule has 0 fully saturated rings. The molecule has 30 heavy (non-hydrogen) atoms. The molecule has 2 amide bonds. The maximum atomic E-state index is 13.2. The second-order valence-electron chi connectivity index (χ2n) is 7.62. The molecule has 6 nitrogen and oxygen atoms in total. The fraction of sp³-hybridized carbons (Fsp3) is 0.333. The minimum Gasteiger partial charge on any atom is -0.355 e. The predicted octanol–water partition coefficient (Wildman–Crippen LogP) is 4.67. The Morgan fingerprint density at radius 2 is 1.73 bits per heavy atom. The average Bonchev–Trinajstić information content (AvgIpc) is 2.74. The summed E-state index contributed by atoms with van der Waals surface area (Å²) >= 11 is 0. The molecule has 0 aliphatic carbocycles. The van der Waals surface area contributed by atoms with Crippen LogP contribution in [0.1, 0.15) is 43.9 Å². The van der Waals surface area contributed by atoms with E-state index in [1.165, 1.54) is 0 Å².